The first-order valence-corrected chi connectivity index (χ1v) is 8.90. The molecule has 2 aliphatic rings. The molecule has 2 aliphatic heterocycles. The number of hydrogen-bond acceptors (Lipinski definition) is 5. The maximum Gasteiger partial charge on any atom is 0.387 e. The van der Waals surface area contributed by atoms with Gasteiger partial charge in [-0.3, -0.25) is 14.4 Å². The van der Waals surface area contributed by atoms with Crippen LogP contribution in [0.1, 0.15) is 23.7 Å². The van der Waals surface area contributed by atoms with Crippen molar-refractivity contribution in [1.82, 2.24) is 14.7 Å². The van der Waals surface area contributed by atoms with Crippen LogP contribution in [0, 0.1) is 0 Å². The minimum Gasteiger partial charge on any atom is -0.435 e. The molecule has 2 unspecified atom stereocenters. The third-order valence-electron chi connectivity index (χ3n) is 4.96. The minimum atomic E-state index is -2.96. The van der Waals surface area contributed by atoms with Gasteiger partial charge in [0.15, 0.2) is 0 Å². The molecule has 2 atom stereocenters. The molecular weight excluding hydrogens is 376 g/mol. The van der Waals surface area contributed by atoms with Gasteiger partial charge in [-0.25, -0.2) is 0 Å². The number of β-amino-alcohol motifs (C(OH)–C–C–N with tert-alkyl or cyclic N) is 1. The summed E-state index contributed by atoms with van der Waals surface area (Å²) in [5.41, 5.74) is 0.258. The van der Waals surface area contributed by atoms with Gasteiger partial charge in [0.25, 0.3) is 5.91 Å². The number of piperazine rings is 1. The molecule has 152 valence electrons. The van der Waals surface area contributed by atoms with Gasteiger partial charge in [-0.15, -0.1) is 0 Å². The first-order chi connectivity index (χ1) is 13.3. The summed E-state index contributed by atoms with van der Waals surface area (Å²) in [6.45, 7) is -1.18. The van der Waals surface area contributed by atoms with E-state index in [2.05, 4.69) is 4.74 Å². The summed E-state index contributed by atoms with van der Waals surface area (Å²) in [5, 5.41) is 9.19. The number of rotatable bonds is 5. The van der Waals surface area contributed by atoms with Crippen LogP contribution in [-0.2, 0) is 9.59 Å². The van der Waals surface area contributed by atoms with Crippen molar-refractivity contribution in [2.24, 2.45) is 0 Å². The third-order valence-corrected chi connectivity index (χ3v) is 4.96. The van der Waals surface area contributed by atoms with E-state index in [1.807, 2.05) is 0 Å². The zero-order valence-electron chi connectivity index (χ0n) is 15.3. The molecule has 1 aromatic carbocycles. The summed E-state index contributed by atoms with van der Waals surface area (Å²) >= 11 is 0. The number of amides is 3. The molecule has 0 radical (unpaired) electrons. The van der Waals surface area contributed by atoms with Crippen LogP contribution in [0.5, 0.6) is 5.75 Å². The van der Waals surface area contributed by atoms with Crippen molar-refractivity contribution in [3.05, 3.63) is 29.8 Å². The average Bonchev–Trinajstić information content (AvgIpc) is 2.65. The highest BCUT2D eigenvalue weighted by atomic mass is 19.3. The van der Waals surface area contributed by atoms with E-state index in [1.54, 1.807) is 6.92 Å². The van der Waals surface area contributed by atoms with Crippen molar-refractivity contribution in [3.63, 3.8) is 0 Å². The predicted octanol–water partition coefficient (Wildman–Crippen LogP) is 0.512. The SMILES string of the molecule is CC1C(=O)N(CCO)CC2N(C(=O)c3ccc(OC(F)F)cc3)CCC(=O)N12. The van der Waals surface area contributed by atoms with E-state index >= 15 is 0 Å². The van der Waals surface area contributed by atoms with Crippen molar-refractivity contribution in [1.29, 1.82) is 0 Å². The second-order valence-corrected chi connectivity index (χ2v) is 6.62. The summed E-state index contributed by atoms with van der Waals surface area (Å²) in [6.07, 6.45) is -0.558. The highest BCUT2D eigenvalue weighted by Crippen LogP contribution is 2.27. The molecule has 2 heterocycles. The van der Waals surface area contributed by atoms with E-state index in [4.69, 9.17) is 0 Å². The molecule has 0 spiro atoms. The topological polar surface area (TPSA) is 90.4 Å². The fraction of sp³-hybridized carbons (Fsp3) is 0.500. The standard InChI is InChI=1S/C18H21F2N3O5/c1-11-16(26)21(8-9-24)10-14-22(7-6-15(25)23(11)14)17(27)12-2-4-13(5-3-12)28-18(19)20/h2-5,11,14,18,24H,6-10H2,1H3. The van der Waals surface area contributed by atoms with Gasteiger partial charge in [-0.1, -0.05) is 0 Å². The van der Waals surface area contributed by atoms with Gasteiger partial charge < -0.3 is 24.5 Å². The van der Waals surface area contributed by atoms with Gasteiger partial charge in [0, 0.05) is 25.1 Å². The zero-order chi connectivity index (χ0) is 20.4. The average molecular weight is 397 g/mol. The number of alkyl halides is 2. The highest BCUT2D eigenvalue weighted by molar-refractivity contribution is 5.97. The van der Waals surface area contributed by atoms with Crippen molar-refractivity contribution in [3.8, 4) is 5.75 Å². The number of carbonyl (C=O) groups is 3. The molecule has 0 bridgehead atoms. The molecular formula is C18H21F2N3O5. The summed E-state index contributed by atoms with van der Waals surface area (Å²) in [4.78, 5) is 42.1. The third kappa shape index (κ3) is 3.77. The molecule has 3 amide bonds. The number of fused-ring (bicyclic) bond motifs is 1. The molecule has 0 aromatic heterocycles. The second-order valence-electron chi connectivity index (χ2n) is 6.62. The molecule has 0 saturated carbocycles. The fourth-order valence-electron chi connectivity index (χ4n) is 3.65. The van der Waals surface area contributed by atoms with Gasteiger partial charge in [0.2, 0.25) is 11.8 Å². The summed E-state index contributed by atoms with van der Waals surface area (Å²) in [6, 6.07) is 4.57. The maximum absolute atomic E-state index is 13.0. The van der Waals surface area contributed by atoms with Gasteiger partial charge in [-0.2, -0.15) is 8.78 Å². The highest BCUT2D eigenvalue weighted by Gasteiger charge is 2.46. The Morgan fingerprint density at radius 2 is 1.96 bits per heavy atom. The number of halogens is 2. The Morgan fingerprint density at radius 3 is 2.57 bits per heavy atom. The van der Waals surface area contributed by atoms with Gasteiger partial charge in [0.1, 0.15) is 18.0 Å². The lowest BCUT2D eigenvalue weighted by Gasteiger charge is -2.51. The number of aliphatic hydroxyl groups excluding tert-OH is 1. The van der Waals surface area contributed by atoms with E-state index < -0.39 is 18.8 Å². The molecule has 0 aliphatic carbocycles. The van der Waals surface area contributed by atoms with Gasteiger partial charge >= 0.3 is 6.61 Å². The van der Waals surface area contributed by atoms with Crippen molar-refractivity contribution < 1.29 is 33.0 Å². The lowest BCUT2D eigenvalue weighted by molar-refractivity contribution is -0.166. The maximum atomic E-state index is 13.0. The molecule has 28 heavy (non-hydrogen) atoms. The van der Waals surface area contributed by atoms with Crippen LogP contribution < -0.4 is 4.74 Å². The molecule has 8 nitrogen and oxygen atoms in total. The van der Waals surface area contributed by atoms with Gasteiger partial charge in [0.05, 0.1) is 13.2 Å². The van der Waals surface area contributed by atoms with Crippen molar-refractivity contribution in [2.45, 2.75) is 32.2 Å². The van der Waals surface area contributed by atoms with Crippen LogP contribution in [0.4, 0.5) is 8.78 Å². The Balaban J connectivity index is 1.83. The van der Waals surface area contributed by atoms with Crippen LogP contribution in [0.15, 0.2) is 24.3 Å². The fourth-order valence-corrected chi connectivity index (χ4v) is 3.65. The Kier molecular flexibility index (Phi) is 5.78. The van der Waals surface area contributed by atoms with Crippen molar-refractivity contribution in [2.75, 3.05) is 26.2 Å². The Hall–Kier alpha value is -2.75. The molecule has 3 rings (SSSR count). The number of ether oxygens (including phenoxy) is 1. The summed E-state index contributed by atoms with van der Waals surface area (Å²) in [7, 11) is 0. The van der Waals surface area contributed by atoms with E-state index in [0.717, 1.165) is 0 Å². The Labute approximate surface area is 160 Å². The number of hydrogen-bond donors (Lipinski definition) is 1. The quantitative estimate of drug-likeness (QED) is 0.782. The van der Waals surface area contributed by atoms with Crippen LogP contribution >= 0.6 is 0 Å². The van der Waals surface area contributed by atoms with Crippen LogP contribution in [0.25, 0.3) is 0 Å². The Bertz CT molecular complexity index is 758. The number of nitrogens with zero attached hydrogens (tertiary/aromatic N) is 3. The van der Waals surface area contributed by atoms with Crippen LogP contribution in [-0.4, -0.2) is 82.6 Å². The monoisotopic (exact) mass is 397 g/mol. The first-order valence-electron chi connectivity index (χ1n) is 8.90. The lowest BCUT2D eigenvalue weighted by atomic mass is 10.0. The second kappa shape index (κ2) is 8.09. The molecule has 1 N–H and O–H groups in total. The number of carbonyl (C=O) groups excluding carboxylic acids is 3. The molecule has 2 fully saturated rings. The number of benzene rings is 1. The van der Waals surface area contributed by atoms with E-state index in [0.29, 0.717) is 0 Å². The van der Waals surface area contributed by atoms with E-state index in [1.165, 1.54) is 39.0 Å². The summed E-state index contributed by atoms with van der Waals surface area (Å²) < 4.78 is 28.8. The largest absolute Gasteiger partial charge is 0.435 e. The lowest BCUT2D eigenvalue weighted by Crippen LogP contribution is -2.70. The first kappa shape index (κ1) is 20.0. The Morgan fingerprint density at radius 1 is 1.29 bits per heavy atom. The van der Waals surface area contributed by atoms with Crippen LogP contribution in [0.2, 0.25) is 0 Å². The summed E-state index contributed by atoms with van der Waals surface area (Å²) in [5.74, 6) is -0.926. The molecule has 10 heteroatoms. The van der Waals surface area contributed by atoms with E-state index in [-0.39, 0.29) is 61.7 Å². The van der Waals surface area contributed by atoms with Crippen molar-refractivity contribution >= 4 is 17.7 Å². The zero-order valence-corrected chi connectivity index (χ0v) is 15.3. The number of aliphatic hydroxyl groups is 1. The minimum absolute atomic E-state index is 0.0620. The van der Waals surface area contributed by atoms with E-state index in [9.17, 15) is 28.3 Å². The predicted molar refractivity (Wildman–Crippen MR) is 92.5 cm³/mol. The molecule has 1 aromatic rings. The smallest absolute Gasteiger partial charge is 0.387 e. The normalized spacial score (nSPS) is 22.5. The van der Waals surface area contributed by atoms with Crippen LogP contribution in [0.3, 0.4) is 0 Å². The van der Waals surface area contributed by atoms with Gasteiger partial charge in [-0.05, 0) is 31.2 Å². The molecule has 2 saturated heterocycles.